The van der Waals surface area contributed by atoms with E-state index in [4.69, 9.17) is 0 Å². The molecule has 8 nitrogen and oxygen atoms in total. The number of carboxylic acid groups (broad SMARTS) is 1. The van der Waals surface area contributed by atoms with Crippen LogP contribution in [0.4, 0.5) is 11.4 Å². The molecular formula is C18H20N2O6. The van der Waals surface area contributed by atoms with Gasteiger partial charge in [0.1, 0.15) is 0 Å². The Labute approximate surface area is 149 Å². The van der Waals surface area contributed by atoms with Gasteiger partial charge in [-0.05, 0) is 61.8 Å². The predicted molar refractivity (Wildman–Crippen MR) is 90.8 cm³/mol. The molecule has 0 spiro atoms. The highest BCUT2D eigenvalue weighted by atomic mass is 16.6. The molecule has 138 valence electrons. The number of hydrogen-bond acceptors (Lipinski definition) is 5. The van der Waals surface area contributed by atoms with Crippen LogP contribution < -0.4 is 0 Å². The summed E-state index contributed by atoms with van der Waals surface area (Å²) >= 11 is 0. The van der Waals surface area contributed by atoms with Gasteiger partial charge in [-0.3, -0.25) is 25.0 Å². The Balaban J connectivity index is 1.81. The Morgan fingerprint density at radius 2 is 1.77 bits per heavy atom. The molecule has 0 amide bonds. The van der Waals surface area contributed by atoms with E-state index in [1.54, 1.807) is 0 Å². The molecule has 4 fully saturated rings. The van der Waals surface area contributed by atoms with Crippen LogP contribution in [0.25, 0.3) is 0 Å². The smallest absolute Gasteiger partial charge is 0.303 e. The fraction of sp³-hybridized carbons (Fsp3) is 0.611. The quantitative estimate of drug-likeness (QED) is 0.629. The van der Waals surface area contributed by atoms with Gasteiger partial charge in [-0.1, -0.05) is 0 Å². The van der Waals surface area contributed by atoms with Gasteiger partial charge in [0, 0.05) is 17.0 Å². The van der Waals surface area contributed by atoms with Gasteiger partial charge in [-0.2, -0.15) is 0 Å². The van der Waals surface area contributed by atoms with E-state index >= 15 is 0 Å². The molecule has 2 atom stereocenters. The Hall–Kier alpha value is -2.51. The molecule has 4 aliphatic carbocycles. The topological polar surface area (TPSA) is 124 Å². The Kier molecular flexibility index (Phi) is 3.58. The second-order valence-electron chi connectivity index (χ2n) is 8.53. The van der Waals surface area contributed by atoms with Crippen LogP contribution in [-0.2, 0) is 10.2 Å². The summed E-state index contributed by atoms with van der Waals surface area (Å²) in [5.74, 6) is -0.0592. The molecule has 0 aliphatic heterocycles. The maximum absolute atomic E-state index is 11.6. The number of rotatable bonds is 5. The summed E-state index contributed by atoms with van der Waals surface area (Å²) in [6, 6.07) is 3.93. The zero-order valence-electron chi connectivity index (χ0n) is 14.2. The van der Waals surface area contributed by atoms with Crippen molar-refractivity contribution < 1.29 is 19.7 Å². The van der Waals surface area contributed by atoms with E-state index in [0.717, 1.165) is 38.2 Å². The van der Waals surface area contributed by atoms with Crippen LogP contribution in [-0.4, -0.2) is 20.9 Å². The molecule has 5 rings (SSSR count). The summed E-state index contributed by atoms with van der Waals surface area (Å²) in [4.78, 5) is 32.9. The molecular weight excluding hydrogens is 340 g/mol. The molecule has 0 aromatic heterocycles. The van der Waals surface area contributed by atoms with Crippen molar-refractivity contribution in [3.05, 3.63) is 44.0 Å². The average Bonchev–Trinajstić information content (AvgIpc) is 2.51. The van der Waals surface area contributed by atoms with Crippen molar-refractivity contribution in [2.45, 2.75) is 50.4 Å². The first-order valence-corrected chi connectivity index (χ1v) is 8.87. The Morgan fingerprint density at radius 1 is 1.12 bits per heavy atom. The third kappa shape index (κ3) is 2.55. The van der Waals surface area contributed by atoms with Crippen LogP contribution in [0.3, 0.4) is 0 Å². The summed E-state index contributed by atoms with van der Waals surface area (Å²) < 4.78 is 0. The van der Waals surface area contributed by atoms with Gasteiger partial charge in [0.25, 0.3) is 11.4 Å². The normalized spacial score (nSPS) is 34.6. The van der Waals surface area contributed by atoms with Crippen LogP contribution in [0.1, 0.15) is 50.5 Å². The Morgan fingerprint density at radius 3 is 2.31 bits per heavy atom. The number of carboxylic acids is 1. The van der Waals surface area contributed by atoms with Crippen LogP contribution in [0.15, 0.2) is 18.2 Å². The SMILES string of the molecule is O=C(O)CC12CC3CC(C1)CC(c1ccc([N+](=O)[O-])cc1[N+](=O)[O-])(C3)C2. The summed E-state index contributed by atoms with van der Waals surface area (Å²) in [6.45, 7) is 0. The van der Waals surface area contributed by atoms with Gasteiger partial charge in [0.15, 0.2) is 0 Å². The lowest BCUT2D eigenvalue weighted by molar-refractivity contribution is -0.395. The van der Waals surface area contributed by atoms with Crippen molar-refractivity contribution >= 4 is 17.3 Å². The van der Waals surface area contributed by atoms with Gasteiger partial charge >= 0.3 is 5.97 Å². The molecule has 4 saturated carbocycles. The number of carbonyl (C=O) groups is 1. The lowest BCUT2D eigenvalue weighted by Crippen LogP contribution is -2.54. The fourth-order valence-corrected chi connectivity index (χ4v) is 6.53. The molecule has 0 heterocycles. The van der Waals surface area contributed by atoms with Crippen LogP contribution in [0, 0.1) is 37.5 Å². The van der Waals surface area contributed by atoms with Crippen molar-refractivity contribution in [3.63, 3.8) is 0 Å². The first kappa shape index (κ1) is 16.9. The first-order chi connectivity index (χ1) is 12.2. The number of nitro benzene ring substituents is 2. The van der Waals surface area contributed by atoms with E-state index in [1.165, 1.54) is 12.1 Å². The van der Waals surface area contributed by atoms with Gasteiger partial charge in [-0.25, -0.2) is 0 Å². The molecule has 2 unspecified atom stereocenters. The highest BCUT2D eigenvalue weighted by Crippen LogP contribution is 2.67. The zero-order valence-corrected chi connectivity index (χ0v) is 14.2. The monoisotopic (exact) mass is 360 g/mol. The van der Waals surface area contributed by atoms with Gasteiger partial charge in [0.05, 0.1) is 22.3 Å². The molecule has 1 aromatic rings. The molecule has 4 bridgehead atoms. The van der Waals surface area contributed by atoms with Gasteiger partial charge < -0.3 is 5.11 Å². The lowest BCUT2D eigenvalue weighted by atomic mass is 9.42. The molecule has 0 radical (unpaired) electrons. The van der Waals surface area contributed by atoms with Crippen molar-refractivity contribution in [1.82, 2.24) is 0 Å². The van der Waals surface area contributed by atoms with Crippen molar-refractivity contribution in [1.29, 1.82) is 0 Å². The van der Waals surface area contributed by atoms with E-state index in [1.807, 2.05) is 0 Å². The minimum atomic E-state index is -0.819. The van der Waals surface area contributed by atoms with Gasteiger partial charge in [0.2, 0.25) is 0 Å². The van der Waals surface area contributed by atoms with Crippen molar-refractivity contribution in [2.24, 2.45) is 17.3 Å². The molecule has 8 heteroatoms. The third-order valence-corrected chi connectivity index (χ3v) is 6.67. The maximum Gasteiger partial charge on any atom is 0.303 e. The minimum Gasteiger partial charge on any atom is -0.481 e. The second kappa shape index (κ2) is 5.49. The number of nitro groups is 2. The average molecular weight is 360 g/mol. The van der Waals surface area contributed by atoms with Gasteiger partial charge in [-0.15, -0.1) is 0 Å². The van der Waals surface area contributed by atoms with E-state index in [0.29, 0.717) is 23.8 Å². The third-order valence-electron chi connectivity index (χ3n) is 6.67. The number of aliphatic carboxylic acids is 1. The molecule has 4 aliphatic rings. The summed E-state index contributed by atoms with van der Waals surface area (Å²) in [5.41, 5.74) is -0.670. The second-order valence-corrected chi connectivity index (χ2v) is 8.53. The van der Waals surface area contributed by atoms with E-state index in [2.05, 4.69) is 0 Å². The molecule has 1 aromatic carbocycles. The highest BCUT2D eigenvalue weighted by Gasteiger charge is 2.59. The van der Waals surface area contributed by atoms with E-state index in [9.17, 15) is 30.1 Å². The summed E-state index contributed by atoms with van der Waals surface area (Å²) in [7, 11) is 0. The lowest BCUT2D eigenvalue weighted by Gasteiger charge is -2.62. The maximum atomic E-state index is 11.6. The van der Waals surface area contributed by atoms with E-state index < -0.39 is 21.2 Å². The number of nitrogens with zero attached hydrogens (tertiary/aromatic N) is 2. The van der Waals surface area contributed by atoms with E-state index in [-0.39, 0.29) is 23.2 Å². The number of hydrogen-bond donors (Lipinski definition) is 1. The predicted octanol–water partition coefficient (Wildman–Crippen LogP) is 3.82. The standard InChI is InChI=1S/C18H20N2O6/c21-16(22)9-17-5-11-3-12(6-17)8-18(7-11,10-17)14-2-1-13(19(23)24)4-15(14)20(25)26/h1-2,4,11-12H,3,5-10H2,(H,21,22). The zero-order chi connectivity index (χ0) is 18.7. The molecule has 26 heavy (non-hydrogen) atoms. The minimum absolute atomic E-state index is 0.0997. The van der Waals surface area contributed by atoms with Crippen molar-refractivity contribution in [3.8, 4) is 0 Å². The largest absolute Gasteiger partial charge is 0.481 e. The van der Waals surface area contributed by atoms with Crippen LogP contribution in [0.5, 0.6) is 0 Å². The summed E-state index contributed by atoms with van der Waals surface area (Å²) in [5, 5.41) is 32.0. The Bertz CT molecular complexity index is 806. The first-order valence-electron chi connectivity index (χ1n) is 8.87. The number of non-ortho nitro benzene ring substituents is 1. The number of benzene rings is 1. The van der Waals surface area contributed by atoms with Crippen molar-refractivity contribution in [2.75, 3.05) is 0 Å². The highest BCUT2D eigenvalue weighted by molar-refractivity contribution is 5.68. The fourth-order valence-electron chi connectivity index (χ4n) is 6.53. The van der Waals surface area contributed by atoms with Crippen LogP contribution >= 0.6 is 0 Å². The van der Waals surface area contributed by atoms with Crippen LogP contribution in [0.2, 0.25) is 0 Å². The molecule has 0 saturated heterocycles. The molecule has 1 N–H and O–H groups in total. The summed E-state index contributed by atoms with van der Waals surface area (Å²) in [6.07, 6.45) is 5.15.